The van der Waals surface area contributed by atoms with E-state index in [1.807, 2.05) is 10.9 Å². The molecule has 0 amide bonds. The highest BCUT2D eigenvalue weighted by Crippen LogP contribution is 2.34. The fraction of sp³-hybridized carbons (Fsp3) is 0.812. The molecule has 0 saturated heterocycles. The molecule has 2 aliphatic carbocycles. The van der Waals surface area contributed by atoms with Crippen LogP contribution in [0, 0.1) is 11.8 Å². The van der Waals surface area contributed by atoms with Crippen molar-refractivity contribution in [1.29, 1.82) is 0 Å². The number of hydrogen-bond donors (Lipinski definition) is 1. The van der Waals surface area contributed by atoms with Gasteiger partial charge in [-0.1, -0.05) is 25.7 Å². The Morgan fingerprint density at radius 2 is 2.11 bits per heavy atom. The van der Waals surface area contributed by atoms with Gasteiger partial charge in [-0.25, -0.2) is 0 Å². The Balaban J connectivity index is 1.52. The van der Waals surface area contributed by atoms with Gasteiger partial charge < -0.3 is 5.32 Å². The molecule has 0 radical (unpaired) electrons. The van der Waals surface area contributed by atoms with Crippen molar-refractivity contribution in [3.63, 3.8) is 0 Å². The molecular formula is C16H27N3. The maximum atomic E-state index is 4.28. The van der Waals surface area contributed by atoms with Crippen LogP contribution < -0.4 is 5.32 Å². The lowest BCUT2D eigenvalue weighted by molar-refractivity contribution is 0.302. The lowest BCUT2D eigenvalue weighted by Gasteiger charge is -2.24. The van der Waals surface area contributed by atoms with Crippen LogP contribution in [0.4, 0.5) is 0 Å². The van der Waals surface area contributed by atoms with E-state index in [-0.39, 0.29) is 0 Å². The van der Waals surface area contributed by atoms with Gasteiger partial charge in [0.05, 0.1) is 0 Å². The Morgan fingerprint density at radius 3 is 2.74 bits per heavy atom. The number of nitrogens with one attached hydrogen (secondary N) is 1. The highest BCUT2D eigenvalue weighted by molar-refractivity contribution is 5.00. The van der Waals surface area contributed by atoms with Gasteiger partial charge in [0.15, 0.2) is 0 Å². The summed E-state index contributed by atoms with van der Waals surface area (Å²) < 4.78 is 2.03. The second-order valence-corrected chi connectivity index (χ2v) is 6.47. The van der Waals surface area contributed by atoms with E-state index in [4.69, 9.17) is 0 Å². The summed E-state index contributed by atoms with van der Waals surface area (Å²) in [4.78, 5) is 0. The summed E-state index contributed by atoms with van der Waals surface area (Å²) in [6.45, 7) is 1.24. The van der Waals surface area contributed by atoms with E-state index in [2.05, 4.69) is 23.5 Å². The Morgan fingerprint density at radius 1 is 1.32 bits per heavy atom. The second kappa shape index (κ2) is 6.08. The van der Waals surface area contributed by atoms with E-state index in [1.165, 1.54) is 63.6 Å². The average molecular weight is 261 g/mol. The molecule has 1 aromatic rings. The first-order valence-corrected chi connectivity index (χ1v) is 8.03. The fourth-order valence-corrected chi connectivity index (χ4v) is 3.52. The summed E-state index contributed by atoms with van der Waals surface area (Å²) in [5.74, 6) is 1.84. The maximum Gasteiger partial charge on any atom is 0.0492 e. The number of nitrogens with zero attached hydrogens (tertiary/aromatic N) is 2. The molecule has 3 heteroatoms. The second-order valence-electron chi connectivity index (χ2n) is 6.47. The molecule has 1 N–H and O–H groups in total. The molecule has 1 aromatic heterocycles. The van der Waals surface area contributed by atoms with Crippen molar-refractivity contribution in [2.24, 2.45) is 18.9 Å². The van der Waals surface area contributed by atoms with Gasteiger partial charge in [-0.05, 0) is 50.1 Å². The quantitative estimate of drug-likeness (QED) is 0.818. The third kappa shape index (κ3) is 3.59. The molecule has 3 rings (SSSR count). The summed E-state index contributed by atoms with van der Waals surface area (Å²) in [5.41, 5.74) is 1.38. The van der Waals surface area contributed by atoms with Gasteiger partial charge in [-0.15, -0.1) is 0 Å². The van der Waals surface area contributed by atoms with Crippen molar-refractivity contribution in [3.05, 3.63) is 18.0 Å². The van der Waals surface area contributed by atoms with Crippen LogP contribution in [0.1, 0.15) is 50.6 Å². The Labute approximate surface area is 116 Å². The fourth-order valence-electron chi connectivity index (χ4n) is 3.52. The maximum absolute atomic E-state index is 4.28. The van der Waals surface area contributed by atoms with Crippen LogP contribution in [0.15, 0.2) is 12.3 Å². The third-order valence-corrected chi connectivity index (χ3v) is 5.01. The summed E-state index contributed by atoms with van der Waals surface area (Å²) in [5, 5.41) is 8.03. The monoisotopic (exact) mass is 261 g/mol. The molecule has 0 bridgehead atoms. The van der Waals surface area contributed by atoms with E-state index in [0.29, 0.717) is 0 Å². The molecule has 0 spiro atoms. The first kappa shape index (κ1) is 13.2. The van der Waals surface area contributed by atoms with Crippen LogP contribution in [0.3, 0.4) is 0 Å². The first-order valence-electron chi connectivity index (χ1n) is 8.03. The van der Waals surface area contributed by atoms with Gasteiger partial charge in [-0.3, -0.25) is 4.68 Å². The Hall–Kier alpha value is -0.830. The highest BCUT2D eigenvalue weighted by atomic mass is 15.2. The normalized spacial score (nSPS) is 21.9. The molecular weight excluding hydrogens is 234 g/mol. The third-order valence-electron chi connectivity index (χ3n) is 5.01. The smallest absolute Gasteiger partial charge is 0.0492 e. The van der Waals surface area contributed by atoms with Crippen molar-refractivity contribution in [2.75, 3.05) is 6.54 Å². The van der Waals surface area contributed by atoms with E-state index >= 15 is 0 Å². The van der Waals surface area contributed by atoms with Crippen LogP contribution >= 0.6 is 0 Å². The highest BCUT2D eigenvalue weighted by Gasteiger charge is 2.27. The van der Waals surface area contributed by atoms with E-state index in [9.17, 15) is 0 Å². The largest absolute Gasteiger partial charge is 0.314 e. The van der Waals surface area contributed by atoms with E-state index < -0.39 is 0 Å². The van der Waals surface area contributed by atoms with Crippen LogP contribution in [0.25, 0.3) is 0 Å². The van der Waals surface area contributed by atoms with Crippen molar-refractivity contribution in [1.82, 2.24) is 15.1 Å². The van der Waals surface area contributed by atoms with Crippen LogP contribution in [-0.2, 0) is 13.5 Å². The summed E-state index contributed by atoms with van der Waals surface area (Å²) in [7, 11) is 2.06. The molecule has 2 aliphatic rings. The van der Waals surface area contributed by atoms with Crippen LogP contribution in [0.5, 0.6) is 0 Å². The minimum Gasteiger partial charge on any atom is -0.314 e. The average Bonchev–Trinajstić information content (AvgIpc) is 2.90. The number of hydrogen-bond acceptors (Lipinski definition) is 2. The van der Waals surface area contributed by atoms with Crippen molar-refractivity contribution >= 4 is 0 Å². The molecule has 19 heavy (non-hydrogen) atoms. The minimum absolute atomic E-state index is 0.848. The van der Waals surface area contributed by atoms with E-state index in [0.717, 1.165) is 17.9 Å². The predicted molar refractivity (Wildman–Crippen MR) is 78.0 cm³/mol. The van der Waals surface area contributed by atoms with Crippen LogP contribution in [-0.4, -0.2) is 22.4 Å². The van der Waals surface area contributed by atoms with Crippen molar-refractivity contribution in [3.8, 4) is 0 Å². The molecule has 2 fully saturated rings. The predicted octanol–water partition coefficient (Wildman–Crippen LogP) is 2.91. The van der Waals surface area contributed by atoms with Crippen molar-refractivity contribution in [2.45, 2.75) is 57.4 Å². The number of rotatable bonds is 7. The zero-order valence-corrected chi connectivity index (χ0v) is 12.1. The zero-order chi connectivity index (χ0) is 13.1. The lowest BCUT2D eigenvalue weighted by Crippen LogP contribution is -2.29. The molecule has 1 atom stereocenters. The van der Waals surface area contributed by atoms with Gasteiger partial charge in [0, 0.05) is 25.0 Å². The molecule has 1 heterocycles. The Bertz CT molecular complexity index is 388. The van der Waals surface area contributed by atoms with Crippen LogP contribution in [0.2, 0.25) is 0 Å². The number of aromatic nitrogens is 2. The van der Waals surface area contributed by atoms with Gasteiger partial charge >= 0.3 is 0 Å². The van der Waals surface area contributed by atoms with Gasteiger partial charge in [0.25, 0.3) is 0 Å². The molecule has 0 aromatic carbocycles. The zero-order valence-electron chi connectivity index (χ0n) is 12.1. The molecule has 0 aliphatic heterocycles. The first-order chi connectivity index (χ1) is 9.33. The summed E-state index contributed by atoms with van der Waals surface area (Å²) in [6, 6.07) is 3.01. The standard InChI is InChI=1S/C16H27N3/c1-19-16(10-11-18-19)9-6-14(12-17-15-7-8-15)13-4-2-3-5-13/h10-11,13-15,17H,2-9,12H2,1H3. The molecule has 1 unspecified atom stereocenters. The lowest BCUT2D eigenvalue weighted by atomic mass is 9.86. The van der Waals surface area contributed by atoms with Gasteiger partial charge in [0.1, 0.15) is 0 Å². The SMILES string of the molecule is Cn1nccc1CCC(CNC1CC1)C1CCCC1. The topological polar surface area (TPSA) is 29.9 Å². The Kier molecular flexibility index (Phi) is 4.21. The van der Waals surface area contributed by atoms with Gasteiger partial charge in [-0.2, -0.15) is 5.10 Å². The summed E-state index contributed by atoms with van der Waals surface area (Å²) in [6.07, 6.45) is 13.1. The molecule has 106 valence electrons. The molecule has 2 saturated carbocycles. The summed E-state index contributed by atoms with van der Waals surface area (Å²) >= 11 is 0. The van der Waals surface area contributed by atoms with Crippen molar-refractivity contribution < 1.29 is 0 Å². The molecule has 3 nitrogen and oxygen atoms in total. The number of aryl methyl sites for hydroxylation is 2. The van der Waals surface area contributed by atoms with Gasteiger partial charge in [0.2, 0.25) is 0 Å². The minimum atomic E-state index is 0.848. The van der Waals surface area contributed by atoms with E-state index in [1.54, 1.807) is 0 Å².